The molecule has 0 aromatic carbocycles. The molecule has 0 bridgehead atoms. The fraction of sp³-hybridized carbons (Fsp3) is 0.714. The monoisotopic (exact) mass is 130 g/mol. The Kier molecular flexibility index (Phi) is 3.50. The molecule has 0 aromatic rings. The predicted molar refractivity (Wildman–Crippen MR) is 37.0 cm³/mol. The van der Waals surface area contributed by atoms with Crippen molar-refractivity contribution in [2.45, 2.75) is 33.2 Å². The van der Waals surface area contributed by atoms with Crippen LogP contribution in [0.2, 0.25) is 0 Å². The molecule has 54 valence electrons. The predicted octanol–water partition coefficient (Wildman–Crippen LogP) is 1.31. The largest absolute Gasteiger partial charge is 0.364 e. The van der Waals surface area contributed by atoms with Gasteiger partial charge in [-0.1, -0.05) is 6.58 Å². The molecule has 1 atom stereocenters. The molecule has 0 rings (SSSR count). The van der Waals surface area contributed by atoms with Gasteiger partial charge in [0.25, 0.3) is 0 Å². The second-order valence-electron chi connectivity index (χ2n) is 2.38. The van der Waals surface area contributed by atoms with Crippen LogP contribution in [0.15, 0.2) is 12.2 Å². The van der Waals surface area contributed by atoms with E-state index in [1.165, 1.54) is 0 Å². The van der Waals surface area contributed by atoms with Gasteiger partial charge in [0.2, 0.25) is 0 Å². The quantitative estimate of drug-likeness (QED) is 0.461. The first-order chi connectivity index (χ1) is 4.04. The summed E-state index contributed by atoms with van der Waals surface area (Å²) in [6, 6.07) is 0. The topological polar surface area (TPSA) is 29.5 Å². The first-order valence-corrected chi connectivity index (χ1v) is 3.03. The lowest BCUT2D eigenvalue weighted by Crippen LogP contribution is -2.17. The fourth-order valence-electron chi connectivity index (χ4n) is 0.374. The van der Waals surface area contributed by atoms with Crippen LogP contribution in [-0.4, -0.2) is 17.5 Å². The number of hydrogen-bond acceptors (Lipinski definition) is 2. The Labute approximate surface area is 56.1 Å². The van der Waals surface area contributed by atoms with Gasteiger partial charge >= 0.3 is 0 Å². The summed E-state index contributed by atoms with van der Waals surface area (Å²) < 4.78 is 4.97. The minimum Gasteiger partial charge on any atom is -0.364 e. The van der Waals surface area contributed by atoms with Crippen molar-refractivity contribution in [3.63, 3.8) is 0 Å². The van der Waals surface area contributed by atoms with Crippen LogP contribution in [0.25, 0.3) is 0 Å². The zero-order chi connectivity index (χ0) is 7.44. The molecule has 2 nitrogen and oxygen atoms in total. The van der Waals surface area contributed by atoms with Crippen molar-refractivity contribution < 1.29 is 9.84 Å². The van der Waals surface area contributed by atoms with E-state index in [-0.39, 0.29) is 6.10 Å². The first kappa shape index (κ1) is 8.66. The zero-order valence-electron chi connectivity index (χ0n) is 6.22. The molecule has 0 aromatic heterocycles. The Bertz CT molecular complexity index is 97.1. The number of hydrogen-bond donors (Lipinski definition) is 1. The first-order valence-electron chi connectivity index (χ1n) is 3.03. The highest BCUT2D eigenvalue weighted by Gasteiger charge is 2.05. The van der Waals surface area contributed by atoms with Crippen molar-refractivity contribution in [1.82, 2.24) is 0 Å². The third kappa shape index (κ3) is 4.18. The van der Waals surface area contributed by atoms with E-state index >= 15 is 0 Å². The van der Waals surface area contributed by atoms with Gasteiger partial charge in [-0.15, -0.1) is 0 Å². The molecule has 1 unspecified atom stereocenters. The summed E-state index contributed by atoms with van der Waals surface area (Å²) in [5.74, 6) is 0. The molecule has 0 amide bonds. The van der Waals surface area contributed by atoms with Crippen molar-refractivity contribution in [3.05, 3.63) is 12.2 Å². The summed E-state index contributed by atoms with van der Waals surface area (Å²) in [5.41, 5.74) is 0.642. The van der Waals surface area contributed by atoms with E-state index in [9.17, 15) is 0 Å². The van der Waals surface area contributed by atoms with Crippen molar-refractivity contribution in [2.75, 3.05) is 0 Å². The smallest absolute Gasteiger partial charge is 0.176 e. The van der Waals surface area contributed by atoms with E-state index in [1.807, 2.05) is 13.8 Å². The molecule has 0 aliphatic rings. The molecule has 2 heteroatoms. The molecule has 0 spiro atoms. The van der Waals surface area contributed by atoms with E-state index in [4.69, 9.17) is 9.84 Å². The van der Waals surface area contributed by atoms with Crippen LogP contribution >= 0.6 is 0 Å². The summed E-state index contributed by atoms with van der Waals surface area (Å²) in [4.78, 5) is 0. The second-order valence-corrected chi connectivity index (χ2v) is 2.38. The van der Waals surface area contributed by atoms with Gasteiger partial charge in [0, 0.05) is 0 Å². The summed E-state index contributed by atoms with van der Waals surface area (Å²) in [5, 5.41) is 8.98. The van der Waals surface area contributed by atoms with Gasteiger partial charge in [0.1, 0.15) is 0 Å². The Hall–Kier alpha value is -0.340. The highest BCUT2D eigenvalue weighted by atomic mass is 16.6. The van der Waals surface area contributed by atoms with E-state index < -0.39 is 6.29 Å². The van der Waals surface area contributed by atoms with E-state index in [2.05, 4.69) is 6.58 Å². The zero-order valence-corrected chi connectivity index (χ0v) is 6.22. The van der Waals surface area contributed by atoms with E-state index in [0.717, 1.165) is 0 Å². The standard InChI is InChI=1S/C7H14O2/c1-5(2)7(8)9-6(3)4/h6-8H,1H2,2-4H3. The van der Waals surface area contributed by atoms with Gasteiger partial charge in [-0.3, -0.25) is 0 Å². The second kappa shape index (κ2) is 3.64. The van der Waals surface area contributed by atoms with Gasteiger partial charge in [-0.25, -0.2) is 0 Å². The van der Waals surface area contributed by atoms with Crippen molar-refractivity contribution in [2.24, 2.45) is 0 Å². The average Bonchev–Trinajstić information content (AvgIpc) is 1.63. The van der Waals surface area contributed by atoms with Crippen LogP contribution in [0.4, 0.5) is 0 Å². The Morgan fingerprint density at radius 3 is 2.11 bits per heavy atom. The van der Waals surface area contributed by atoms with Gasteiger partial charge in [0.05, 0.1) is 6.10 Å². The Balaban J connectivity index is 3.50. The number of ether oxygens (including phenoxy) is 1. The lowest BCUT2D eigenvalue weighted by atomic mass is 10.3. The van der Waals surface area contributed by atoms with Gasteiger partial charge < -0.3 is 9.84 Å². The van der Waals surface area contributed by atoms with Crippen LogP contribution < -0.4 is 0 Å². The SMILES string of the molecule is C=C(C)C(O)OC(C)C. The van der Waals surface area contributed by atoms with E-state index in [1.54, 1.807) is 6.92 Å². The summed E-state index contributed by atoms with van der Waals surface area (Å²) >= 11 is 0. The normalized spacial score (nSPS) is 13.9. The lowest BCUT2D eigenvalue weighted by Gasteiger charge is -2.13. The van der Waals surface area contributed by atoms with Gasteiger partial charge in [-0.05, 0) is 26.3 Å². The lowest BCUT2D eigenvalue weighted by molar-refractivity contribution is -0.0995. The molecule has 1 N–H and O–H groups in total. The maximum Gasteiger partial charge on any atom is 0.176 e. The molecular formula is C7H14O2. The minimum atomic E-state index is -0.801. The number of rotatable bonds is 3. The Morgan fingerprint density at radius 2 is 2.00 bits per heavy atom. The van der Waals surface area contributed by atoms with Crippen molar-refractivity contribution in [3.8, 4) is 0 Å². The molecule has 9 heavy (non-hydrogen) atoms. The highest BCUT2D eigenvalue weighted by molar-refractivity contribution is 4.91. The summed E-state index contributed by atoms with van der Waals surface area (Å²) in [6.07, 6.45) is -0.748. The number of aliphatic hydroxyl groups excluding tert-OH is 1. The molecule has 0 fully saturated rings. The maximum atomic E-state index is 8.98. The summed E-state index contributed by atoms with van der Waals surface area (Å²) in [7, 11) is 0. The van der Waals surface area contributed by atoms with Gasteiger partial charge in [0.15, 0.2) is 6.29 Å². The van der Waals surface area contributed by atoms with Crippen LogP contribution in [-0.2, 0) is 4.74 Å². The highest BCUT2D eigenvalue weighted by Crippen LogP contribution is 2.02. The molecule has 0 radical (unpaired) electrons. The molecule has 0 aliphatic heterocycles. The molecule has 0 heterocycles. The van der Waals surface area contributed by atoms with Gasteiger partial charge in [-0.2, -0.15) is 0 Å². The Morgan fingerprint density at radius 1 is 1.56 bits per heavy atom. The van der Waals surface area contributed by atoms with Crippen molar-refractivity contribution in [1.29, 1.82) is 0 Å². The number of aliphatic hydroxyl groups is 1. The van der Waals surface area contributed by atoms with Crippen LogP contribution in [0, 0.1) is 0 Å². The summed E-state index contributed by atoms with van der Waals surface area (Å²) in [6.45, 7) is 9.00. The molecular weight excluding hydrogens is 116 g/mol. The average molecular weight is 130 g/mol. The van der Waals surface area contributed by atoms with Crippen LogP contribution in [0.1, 0.15) is 20.8 Å². The van der Waals surface area contributed by atoms with Crippen molar-refractivity contribution >= 4 is 0 Å². The van der Waals surface area contributed by atoms with Crippen LogP contribution in [0.5, 0.6) is 0 Å². The molecule has 0 saturated heterocycles. The minimum absolute atomic E-state index is 0.0525. The molecule has 0 saturated carbocycles. The fourth-order valence-corrected chi connectivity index (χ4v) is 0.374. The third-order valence-electron chi connectivity index (χ3n) is 0.823. The third-order valence-corrected chi connectivity index (χ3v) is 0.823. The maximum absolute atomic E-state index is 8.98. The van der Waals surface area contributed by atoms with Crippen LogP contribution in [0.3, 0.4) is 0 Å². The van der Waals surface area contributed by atoms with E-state index in [0.29, 0.717) is 5.57 Å². The molecule has 0 aliphatic carbocycles.